The lowest BCUT2D eigenvalue weighted by Crippen LogP contribution is -2.38. The molecule has 0 aliphatic carbocycles. The molecule has 1 N–H and O–H groups in total. The number of hydrogen-bond acceptors (Lipinski definition) is 4. The maximum absolute atomic E-state index is 13.2. The number of nitrogens with zero attached hydrogens (tertiary/aromatic N) is 5. The van der Waals surface area contributed by atoms with Crippen molar-refractivity contribution in [1.29, 1.82) is 0 Å². The molecular weight excluding hydrogens is 402 g/mol. The molecule has 1 amide bonds. The van der Waals surface area contributed by atoms with Crippen molar-refractivity contribution >= 4 is 17.5 Å². The number of carbonyl (C=O) groups excluding carboxylic acids is 1. The Hall–Kier alpha value is -2.64. The fourth-order valence-corrected chi connectivity index (χ4v) is 4.43. The summed E-state index contributed by atoms with van der Waals surface area (Å²) in [6.07, 6.45) is 5.91. The molecular formula is C22H26ClN5O2. The predicted octanol–water partition coefficient (Wildman–Crippen LogP) is 3.30. The molecule has 8 heteroatoms. The Labute approximate surface area is 180 Å². The number of aliphatic hydroxyl groups is 1. The molecule has 1 fully saturated rings. The smallest absolute Gasteiger partial charge is 0.257 e. The predicted molar refractivity (Wildman–Crippen MR) is 115 cm³/mol. The Morgan fingerprint density at radius 2 is 2.03 bits per heavy atom. The van der Waals surface area contributed by atoms with Crippen molar-refractivity contribution in [2.45, 2.75) is 38.6 Å². The van der Waals surface area contributed by atoms with Crippen LogP contribution in [-0.2, 0) is 13.0 Å². The molecule has 1 aliphatic heterocycles. The Balaban J connectivity index is 1.49. The minimum atomic E-state index is 0.0300. The molecule has 0 unspecified atom stereocenters. The number of rotatable bonds is 6. The SMILES string of the molecule is CCc1c(C(=O)N2CCC(c3ccnn3CCO)CC2)cnn1-c1cccc(Cl)c1. The van der Waals surface area contributed by atoms with Gasteiger partial charge in [-0.1, -0.05) is 24.6 Å². The van der Waals surface area contributed by atoms with Gasteiger partial charge in [-0.05, 0) is 43.5 Å². The number of halogens is 1. The molecule has 30 heavy (non-hydrogen) atoms. The minimum absolute atomic E-state index is 0.0300. The number of hydrogen-bond donors (Lipinski definition) is 1. The summed E-state index contributed by atoms with van der Waals surface area (Å²) in [5, 5.41) is 18.6. The highest BCUT2D eigenvalue weighted by molar-refractivity contribution is 6.30. The summed E-state index contributed by atoms with van der Waals surface area (Å²) in [5.74, 6) is 0.380. The summed E-state index contributed by atoms with van der Waals surface area (Å²) < 4.78 is 3.67. The van der Waals surface area contributed by atoms with Gasteiger partial charge in [0, 0.05) is 35.9 Å². The van der Waals surface area contributed by atoms with Gasteiger partial charge in [0.1, 0.15) is 0 Å². The summed E-state index contributed by atoms with van der Waals surface area (Å²) in [7, 11) is 0. The zero-order valence-electron chi connectivity index (χ0n) is 17.0. The summed E-state index contributed by atoms with van der Waals surface area (Å²) in [6.45, 7) is 3.99. The second-order valence-electron chi connectivity index (χ2n) is 7.52. The van der Waals surface area contributed by atoms with Gasteiger partial charge in [0.05, 0.1) is 36.3 Å². The van der Waals surface area contributed by atoms with E-state index in [2.05, 4.69) is 10.2 Å². The van der Waals surface area contributed by atoms with Gasteiger partial charge in [-0.2, -0.15) is 10.2 Å². The molecule has 3 aromatic rings. The first kappa shape index (κ1) is 20.6. The van der Waals surface area contributed by atoms with E-state index >= 15 is 0 Å². The standard InChI is InChI=1S/C22H26ClN5O2/c1-2-20-19(15-25-28(20)18-5-3-4-17(23)14-18)22(30)26-10-7-16(8-11-26)21-6-9-24-27(21)12-13-29/h3-6,9,14-16,29H,2,7-8,10-13H2,1H3. The third-order valence-corrected chi connectivity index (χ3v) is 5.98. The average Bonchev–Trinajstić information content (AvgIpc) is 3.40. The minimum Gasteiger partial charge on any atom is -0.394 e. The van der Waals surface area contributed by atoms with Crippen LogP contribution in [0.25, 0.3) is 5.69 Å². The van der Waals surface area contributed by atoms with E-state index in [1.165, 1.54) is 0 Å². The van der Waals surface area contributed by atoms with Gasteiger partial charge in [0.15, 0.2) is 0 Å². The molecule has 1 aliphatic rings. The number of aromatic nitrogens is 4. The number of likely N-dealkylation sites (tertiary alicyclic amines) is 1. The van der Waals surface area contributed by atoms with Crippen LogP contribution in [0.1, 0.15) is 47.4 Å². The van der Waals surface area contributed by atoms with Crippen molar-refractivity contribution in [3.8, 4) is 5.69 Å². The molecule has 0 spiro atoms. The third kappa shape index (κ3) is 4.00. The Morgan fingerprint density at radius 3 is 2.73 bits per heavy atom. The molecule has 0 radical (unpaired) electrons. The first-order chi connectivity index (χ1) is 14.6. The van der Waals surface area contributed by atoms with Crippen molar-refractivity contribution in [3.63, 3.8) is 0 Å². The number of carbonyl (C=O) groups is 1. The average molecular weight is 428 g/mol. The summed E-state index contributed by atoms with van der Waals surface area (Å²) in [4.78, 5) is 15.2. The monoisotopic (exact) mass is 427 g/mol. The van der Waals surface area contributed by atoms with E-state index in [9.17, 15) is 9.90 Å². The molecule has 1 aromatic carbocycles. The maximum Gasteiger partial charge on any atom is 0.257 e. The van der Waals surface area contributed by atoms with Crippen molar-refractivity contribution in [1.82, 2.24) is 24.5 Å². The second kappa shape index (κ2) is 9.02. The van der Waals surface area contributed by atoms with Crippen molar-refractivity contribution in [3.05, 3.63) is 64.7 Å². The maximum atomic E-state index is 13.2. The first-order valence-corrected chi connectivity index (χ1v) is 10.7. The Kier molecular flexibility index (Phi) is 6.20. The molecule has 4 rings (SSSR count). The van der Waals surface area contributed by atoms with E-state index in [-0.39, 0.29) is 12.5 Å². The molecule has 0 saturated carbocycles. The lowest BCUT2D eigenvalue weighted by Gasteiger charge is -2.32. The van der Waals surface area contributed by atoms with E-state index in [0.717, 1.165) is 29.9 Å². The molecule has 0 bridgehead atoms. The number of amides is 1. The van der Waals surface area contributed by atoms with Crippen LogP contribution in [0.4, 0.5) is 0 Å². The van der Waals surface area contributed by atoms with Crippen LogP contribution >= 0.6 is 11.6 Å². The zero-order chi connectivity index (χ0) is 21.1. The highest BCUT2D eigenvalue weighted by atomic mass is 35.5. The lowest BCUT2D eigenvalue weighted by atomic mass is 9.93. The van der Waals surface area contributed by atoms with E-state index in [1.54, 1.807) is 17.1 Å². The fraction of sp³-hybridized carbons (Fsp3) is 0.409. The summed E-state index contributed by atoms with van der Waals surface area (Å²) >= 11 is 6.13. The topological polar surface area (TPSA) is 76.2 Å². The van der Waals surface area contributed by atoms with E-state index < -0.39 is 0 Å². The second-order valence-corrected chi connectivity index (χ2v) is 7.96. The van der Waals surface area contributed by atoms with Crippen LogP contribution < -0.4 is 0 Å². The van der Waals surface area contributed by atoms with Crippen molar-refractivity contribution in [2.75, 3.05) is 19.7 Å². The molecule has 7 nitrogen and oxygen atoms in total. The first-order valence-electron chi connectivity index (χ1n) is 10.4. The van der Waals surface area contributed by atoms with Gasteiger partial charge in [-0.3, -0.25) is 9.48 Å². The zero-order valence-corrected chi connectivity index (χ0v) is 17.8. The number of piperidine rings is 1. The Bertz CT molecular complexity index is 1020. The van der Waals surface area contributed by atoms with Gasteiger partial charge in [0.25, 0.3) is 5.91 Å². The van der Waals surface area contributed by atoms with E-state index in [0.29, 0.717) is 42.6 Å². The van der Waals surface area contributed by atoms with Crippen LogP contribution in [0, 0.1) is 0 Å². The van der Waals surface area contributed by atoms with Crippen LogP contribution in [0.15, 0.2) is 42.7 Å². The Morgan fingerprint density at radius 1 is 1.23 bits per heavy atom. The van der Waals surface area contributed by atoms with E-state index in [1.807, 2.05) is 46.8 Å². The normalized spacial score (nSPS) is 15.0. The number of aliphatic hydroxyl groups excluding tert-OH is 1. The molecule has 158 valence electrons. The van der Waals surface area contributed by atoms with Gasteiger partial charge in [-0.25, -0.2) is 4.68 Å². The molecule has 1 saturated heterocycles. The van der Waals surface area contributed by atoms with Gasteiger partial charge >= 0.3 is 0 Å². The fourth-order valence-electron chi connectivity index (χ4n) is 4.24. The molecule has 2 aromatic heterocycles. The molecule has 0 atom stereocenters. The van der Waals surface area contributed by atoms with Gasteiger partial charge < -0.3 is 10.0 Å². The third-order valence-electron chi connectivity index (χ3n) is 5.75. The van der Waals surface area contributed by atoms with E-state index in [4.69, 9.17) is 11.6 Å². The van der Waals surface area contributed by atoms with Crippen LogP contribution in [0.5, 0.6) is 0 Å². The highest BCUT2D eigenvalue weighted by Gasteiger charge is 2.28. The van der Waals surface area contributed by atoms with Crippen LogP contribution in [0.2, 0.25) is 5.02 Å². The summed E-state index contributed by atoms with van der Waals surface area (Å²) in [6, 6.07) is 9.51. The van der Waals surface area contributed by atoms with Crippen LogP contribution in [0.3, 0.4) is 0 Å². The highest BCUT2D eigenvalue weighted by Crippen LogP contribution is 2.29. The van der Waals surface area contributed by atoms with Crippen LogP contribution in [-0.4, -0.2) is 55.2 Å². The molecule has 3 heterocycles. The quantitative estimate of drug-likeness (QED) is 0.654. The van der Waals surface area contributed by atoms with Crippen molar-refractivity contribution < 1.29 is 9.90 Å². The van der Waals surface area contributed by atoms with Gasteiger partial charge in [0.2, 0.25) is 0 Å². The largest absolute Gasteiger partial charge is 0.394 e. The van der Waals surface area contributed by atoms with Crippen molar-refractivity contribution in [2.24, 2.45) is 0 Å². The summed E-state index contributed by atoms with van der Waals surface area (Å²) in [5.41, 5.74) is 3.54. The number of benzene rings is 1. The lowest BCUT2D eigenvalue weighted by molar-refractivity contribution is 0.0710. The van der Waals surface area contributed by atoms with Gasteiger partial charge in [-0.15, -0.1) is 0 Å².